The minimum absolute atomic E-state index is 0.116. The van der Waals surface area contributed by atoms with E-state index in [0.29, 0.717) is 10.7 Å². The molecule has 130 valence electrons. The van der Waals surface area contributed by atoms with Crippen LogP contribution in [0.4, 0.5) is 17.1 Å². The summed E-state index contributed by atoms with van der Waals surface area (Å²) in [6.45, 7) is 1.78. The fraction of sp³-hybridized carbons (Fsp3) is 0.278. The monoisotopic (exact) mass is 359 g/mol. The number of non-ortho nitro benzene ring substituents is 1. The molecule has 1 aliphatic heterocycles. The normalized spacial score (nSPS) is 14.2. The van der Waals surface area contributed by atoms with Gasteiger partial charge in [-0.15, -0.1) is 0 Å². The van der Waals surface area contributed by atoms with Crippen LogP contribution in [0.3, 0.4) is 0 Å². The summed E-state index contributed by atoms with van der Waals surface area (Å²) in [7, 11) is 0. The highest BCUT2D eigenvalue weighted by molar-refractivity contribution is 6.34. The first-order valence-electron chi connectivity index (χ1n) is 8.15. The van der Waals surface area contributed by atoms with E-state index in [-0.39, 0.29) is 11.3 Å². The van der Waals surface area contributed by atoms with Gasteiger partial charge in [0.1, 0.15) is 0 Å². The summed E-state index contributed by atoms with van der Waals surface area (Å²) in [4.78, 5) is 25.1. The van der Waals surface area contributed by atoms with Gasteiger partial charge in [0, 0.05) is 30.8 Å². The van der Waals surface area contributed by atoms with E-state index in [9.17, 15) is 14.9 Å². The standard InChI is InChI=1S/C18H18ClN3O3/c19-15-8-5-9-16(17(15)21-10-2-1-3-11-21)20-18(23)13-6-4-7-14(12-13)22(24)25/h4-9,12H,1-3,10-11H2,(H,20,23). The molecule has 0 radical (unpaired) electrons. The number of amides is 1. The zero-order valence-corrected chi connectivity index (χ0v) is 14.3. The number of anilines is 2. The molecular weight excluding hydrogens is 342 g/mol. The molecule has 1 amide bonds. The van der Waals surface area contributed by atoms with Gasteiger partial charge in [0.15, 0.2) is 0 Å². The van der Waals surface area contributed by atoms with Gasteiger partial charge in [-0.1, -0.05) is 23.7 Å². The topological polar surface area (TPSA) is 75.5 Å². The van der Waals surface area contributed by atoms with Gasteiger partial charge in [0.25, 0.3) is 11.6 Å². The third-order valence-electron chi connectivity index (χ3n) is 4.23. The van der Waals surface area contributed by atoms with Crippen LogP contribution in [0.5, 0.6) is 0 Å². The highest BCUT2D eigenvalue weighted by Crippen LogP contribution is 2.35. The number of benzene rings is 2. The Bertz CT molecular complexity index is 804. The van der Waals surface area contributed by atoms with Gasteiger partial charge in [-0.2, -0.15) is 0 Å². The second-order valence-electron chi connectivity index (χ2n) is 5.95. The second-order valence-corrected chi connectivity index (χ2v) is 6.35. The number of nitrogens with one attached hydrogen (secondary N) is 1. The maximum atomic E-state index is 12.5. The average molecular weight is 360 g/mol. The van der Waals surface area contributed by atoms with E-state index in [1.54, 1.807) is 24.3 Å². The lowest BCUT2D eigenvalue weighted by atomic mass is 10.1. The van der Waals surface area contributed by atoms with Crippen molar-refractivity contribution in [1.82, 2.24) is 0 Å². The van der Waals surface area contributed by atoms with Crippen LogP contribution in [0.2, 0.25) is 5.02 Å². The fourth-order valence-electron chi connectivity index (χ4n) is 3.01. The zero-order valence-electron chi connectivity index (χ0n) is 13.6. The van der Waals surface area contributed by atoms with Gasteiger partial charge in [-0.3, -0.25) is 14.9 Å². The number of hydrogen-bond donors (Lipinski definition) is 1. The van der Waals surface area contributed by atoms with Gasteiger partial charge in [-0.05, 0) is 37.5 Å². The summed E-state index contributed by atoms with van der Waals surface area (Å²) in [6.07, 6.45) is 3.36. The van der Waals surface area contributed by atoms with E-state index in [2.05, 4.69) is 10.2 Å². The van der Waals surface area contributed by atoms with Crippen molar-refractivity contribution in [3.8, 4) is 0 Å². The first-order valence-corrected chi connectivity index (χ1v) is 8.53. The van der Waals surface area contributed by atoms with Crippen LogP contribution in [-0.2, 0) is 0 Å². The molecule has 1 aliphatic rings. The Morgan fingerprint density at radius 3 is 2.56 bits per heavy atom. The first kappa shape index (κ1) is 17.2. The third-order valence-corrected chi connectivity index (χ3v) is 4.53. The van der Waals surface area contributed by atoms with Crippen molar-refractivity contribution >= 4 is 34.6 Å². The summed E-state index contributed by atoms with van der Waals surface area (Å²) < 4.78 is 0. The van der Waals surface area contributed by atoms with Crippen molar-refractivity contribution < 1.29 is 9.72 Å². The Kier molecular flexibility index (Phi) is 5.19. The Morgan fingerprint density at radius 1 is 1.12 bits per heavy atom. The van der Waals surface area contributed by atoms with Gasteiger partial charge in [-0.25, -0.2) is 0 Å². The summed E-state index contributed by atoms with van der Waals surface area (Å²) in [5, 5.41) is 14.3. The molecule has 1 heterocycles. The molecular formula is C18H18ClN3O3. The second kappa shape index (κ2) is 7.53. The van der Waals surface area contributed by atoms with Gasteiger partial charge < -0.3 is 10.2 Å². The number of carbonyl (C=O) groups is 1. The lowest BCUT2D eigenvalue weighted by Gasteiger charge is -2.31. The molecule has 3 rings (SSSR count). The van der Waals surface area contributed by atoms with Crippen molar-refractivity contribution in [3.05, 3.63) is 63.2 Å². The van der Waals surface area contributed by atoms with Gasteiger partial charge in [0.2, 0.25) is 0 Å². The molecule has 2 aromatic rings. The molecule has 6 nitrogen and oxygen atoms in total. The summed E-state index contributed by atoms with van der Waals surface area (Å²) in [5.41, 5.74) is 1.54. The number of rotatable bonds is 4. The summed E-state index contributed by atoms with van der Waals surface area (Å²) in [5.74, 6) is -0.399. The highest BCUT2D eigenvalue weighted by atomic mass is 35.5. The largest absolute Gasteiger partial charge is 0.369 e. The van der Waals surface area contributed by atoms with Crippen molar-refractivity contribution in [3.63, 3.8) is 0 Å². The van der Waals surface area contributed by atoms with Crippen LogP contribution in [0.15, 0.2) is 42.5 Å². The molecule has 1 saturated heterocycles. The van der Waals surface area contributed by atoms with E-state index in [1.165, 1.54) is 24.6 Å². The van der Waals surface area contributed by atoms with Gasteiger partial charge >= 0.3 is 0 Å². The van der Waals surface area contributed by atoms with Crippen molar-refractivity contribution in [2.45, 2.75) is 19.3 Å². The number of hydrogen-bond acceptors (Lipinski definition) is 4. The molecule has 1 N–H and O–H groups in total. The average Bonchev–Trinajstić information content (AvgIpc) is 2.62. The maximum Gasteiger partial charge on any atom is 0.270 e. The number of nitrogens with zero attached hydrogens (tertiary/aromatic N) is 2. The lowest BCUT2D eigenvalue weighted by molar-refractivity contribution is -0.384. The SMILES string of the molecule is O=C(Nc1cccc(Cl)c1N1CCCCC1)c1cccc([N+](=O)[O-])c1. The molecule has 0 saturated carbocycles. The maximum absolute atomic E-state index is 12.5. The van der Waals surface area contributed by atoms with Crippen molar-refractivity contribution in [2.75, 3.05) is 23.3 Å². The Labute approximate surface area is 150 Å². The number of para-hydroxylation sites is 1. The van der Waals surface area contributed by atoms with Crippen LogP contribution >= 0.6 is 11.6 Å². The minimum atomic E-state index is -0.519. The van der Waals surface area contributed by atoms with Crippen molar-refractivity contribution in [1.29, 1.82) is 0 Å². The molecule has 0 bridgehead atoms. The van der Waals surface area contributed by atoms with E-state index >= 15 is 0 Å². The van der Waals surface area contributed by atoms with Gasteiger partial charge in [0.05, 0.1) is 21.3 Å². The summed E-state index contributed by atoms with van der Waals surface area (Å²) >= 11 is 6.38. The molecule has 0 unspecified atom stereocenters. The predicted octanol–water partition coefficient (Wildman–Crippen LogP) is 4.49. The third kappa shape index (κ3) is 3.91. The van der Waals surface area contributed by atoms with Crippen LogP contribution in [-0.4, -0.2) is 23.9 Å². The van der Waals surface area contributed by atoms with E-state index in [4.69, 9.17) is 11.6 Å². The predicted molar refractivity (Wildman–Crippen MR) is 98.6 cm³/mol. The summed E-state index contributed by atoms with van der Waals surface area (Å²) in [6, 6.07) is 11.0. The molecule has 25 heavy (non-hydrogen) atoms. The van der Waals surface area contributed by atoms with E-state index < -0.39 is 10.8 Å². The van der Waals surface area contributed by atoms with E-state index in [1.807, 2.05) is 0 Å². The molecule has 0 spiro atoms. The van der Waals surface area contributed by atoms with Crippen molar-refractivity contribution in [2.24, 2.45) is 0 Å². The molecule has 0 aromatic heterocycles. The number of piperidine rings is 1. The Hall–Kier alpha value is -2.60. The fourth-order valence-corrected chi connectivity index (χ4v) is 3.30. The molecule has 0 atom stereocenters. The molecule has 0 aliphatic carbocycles. The number of halogens is 1. The quantitative estimate of drug-likeness (QED) is 0.644. The zero-order chi connectivity index (χ0) is 17.8. The number of nitro groups is 1. The minimum Gasteiger partial charge on any atom is -0.369 e. The molecule has 1 fully saturated rings. The van der Waals surface area contributed by atoms with Crippen LogP contribution in [0.25, 0.3) is 0 Å². The molecule has 7 heteroatoms. The lowest BCUT2D eigenvalue weighted by Crippen LogP contribution is -2.30. The highest BCUT2D eigenvalue weighted by Gasteiger charge is 2.19. The van der Waals surface area contributed by atoms with Crippen LogP contribution < -0.4 is 10.2 Å². The Balaban J connectivity index is 1.87. The van der Waals surface area contributed by atoms with E-state index in [0.717, 1.165) is 31.6 Å². The number of nitro benzene ring substituents is 1. The number of carbonyl (C=O) groups excluding carboxylic acids is 1. The smallest absolute Gasteiger partial charge is 0.270 e. The molecule has 2 aromatic carbocycles. The van der Waals surface area contributed by atoms with Crippen LogP contribution in [0.1, 0.15) is 29.6 Å². The Morgan fingerprint density at radius 2 is 1.84 bits per heavy atom. The van der Waals surface area contributed by atoms with Crippen LogP contribution in [0, 0.1) is 10.1 Å². The first-order chi connectivity index (χ1) is 12.1.